The van der Waals surface area contributed by atoms with Crippen LogP contribution in [-0.4, -0.2) is 38.7 Å². The summed E-state index contributed by atoms with van der Waals surface area (Å²) in [7, 11) is 1.88. The summed E-state index contributed by atoms with van der Waals surface area (Å²) in [5.74, 6) is 0.392. The van der Waals surface area contributed by atoms with Crippen molar-refractivity contribution in [3.05, 3.63) is 47.3 Å². The Morgan fingerprint density at radius 1 is 1.24 bits per heavy atom. The summed E-state index contributed by atoms with van der Waals surface area (Å²) in [5.41, 5.74) is 4.27. The Morgan fingerprint density at radius 3 is 2.86 bits per heavy atom. The molecule has 1 saturated carbocycles. The molecule has 3 aromatic heterocycles. The summed E-state index contributed by atoms with van der Waals surface area (Å²) < 4.78 is 2.92. The molecule has 0 bridgehead atoms. The highest BCUT2D eigenvalue weighted by atomic mass is 32.1. The van der Waals surface area contributed by atoms with Crippen molar-refractivity contribution < 1.29 is 4.79 Å². The fourth-order valence-electron chi connectivity index (χ4n) is 3.62. The first kappa shape index (κ1) is 18.1. The van der Waals surface area contributed by atoms with Gasteiger partial charge in [-0.1, -0.05) is 23.5 Å². The quantitative estimate of drug-likeness (QED) is 0.478. The topological polar surface area (TPSA) is 84.7 Å². The maximum absolute atomic E-state index is 13.0. The first-order valence-corrected chi connectivity index (χ1v) is 10.6. The summed E-state index contributed by atoms with van der Waals surface area (Å²) in [4.78, 5) is 22.3. The van der Waals surface area contributed by atoms with E-state index in [4.69, 9.17) is 4.98 Å². The molecule has 1 amide bonds. The van der Waals surface area contributed by atoms with E-state index in [2.05, 4.69) is 26.8 Å². The Morgan fingerprint density at radius 2 is 2.07 bits per heavy atom. The number of para-hydroxylation sites is 1. The van der Waals surface area contributed by atoms with Gasteiger partial charge >= 0.3 is 0 Å². The van der Waals surface area contributed by atoms with Gasteiger partial charge in [-0.3, -0.25) is 9.48 Å². The second kappa shape index (κ2) is 7.11. The summed E-state index contributed by atoms with van der Waals surface area (Å²) in [5, 5.41) is 12.5. The lowest BCUT2D eigenvalue weighted by molar-refractivity contribution is 0.0956. The Labute approximate surface area is 172 Å². The number of carbonyl (C=O) groups excluding carboxylic acids is 1. The van der Waals surface area contributed by atoms with Gasteiger partial charge in [0, 0.05) is 31.7 Å². The van der Waals surface area contributed by atoms with Gasteiger partial charge in [-0.15, -0.1) is 0 Å². The van der Waals surface area contributed by atoms with Crippen molar-refractivity contribution in [1.29, 1.82) is 0 Å². The molecule has 0 saturated heterocycles. The largest absolute Gasteiger partial charge is 0.360 e. The molecule has 1 fully saturated rings. The number of thiazole rings is 1. The van der Waals surface area contributed by atoms with Crippen LogP contribution in [0.4, 0.5) is 5.13 Å². The molecule has 7 nitrogen and oxygen atoms in total. The van der Waals surface area contributed by atoms with Gasteiger partial charge in [-0.05, 0) is 38.0 Å². The van der Waals surface area contributed by atoms with Crippen LogP contribution in [0.3, 0.4) is 0 Å². The van der Waals surface area contributed by atoms with Crippen LogP contribution in [-0.2, 0) is 7.05 Å². The molecule has 5 rings (SSSR count). The normalized spacial score (nSPS) is 13.9. The van der Waals surface area contributed by atoms with Crippen LogP contribution in [0, 0.1) is 6.92 Å². The number of aromatic nitrogens is 4. The van der Waals surface area contributed by atoms with Crippen molar-refractivity contribution in [3.63, 3.8) is 0 Å². The van der Waals surface area contributed by atoms with Crippen molar-refractivity contribution in [2.45, 2.75) is 25.7 Å². The number of hydrogen-bond acceptors (Lipinski definition) is 6. The molecule has 4 aromatic rings. The van der Waals surface area contributed by atoms with E-state index in [9.17, 15) is 4.79 Å². The first-order chi connectivity index (χ1) is 14.1. The molecule has 2 N–H and O–H groups in total. The van der Waals surface area contributed by atoms with Crippen molar-refractivity contribution >= 4 is 43.6 Å². The molecule has 148 valence electrons. The monoisotopic (exact) mass is 406 g/mol. The van der Waals surface area contributed by atoms with Crippen molar-refractivity contribution in [1.82, 2.24) is 25.1 Å². The smallest absolute Gasteiger partial charge is 0.252 e. The van der Waals surface area contributed by atoms with Crippen molar-refractivity contribution in [3.8, 4) is 0 Å². The van der Waals surface area contributed by atoms with E-state index in [1.54, 1.807) is 16.0 Å². The summed E-state index contributed by atoms with van der Waals surface area (Å²) in [6.45, 7) is 3.05. The highest BCUT2D eigenvalue weighted by Gasteiger charge is 2.28. The van der Waals surface area contributed by atoms with Gasteiger partial charge in [-0.25, -0.2) is 9.97 Å². The maximum Gasteiger partial charge on any atom is 0.252 e. The fourth-order valence-corrected chi connectivity index (χ4v) is 4.51. The van der Waals surface area contributed by atoms with Gasteiger partial charge in [0.25, 0.3) is 5.91 Å². The average molecular weight is 407 g/mol. The van der Waals surface area contributed by atoms with E-state index in [0.717, 1.165) is 50.6 Å². The molecule has 29 heavy (non-hydrogen) atoms. The van der Waals surface area contributed by atoms with E-state index in [1.165, 1.54) is 0 Å². The highest BCUT2D eigenvalue weighted by molar-refractivity contribution is 7.22. The predicted octanol–water partition coefficient (Wildman–Crippen LogP) is 3.61. The third kappa shape index (κ3) is 3.44. The number of anilines is 1. The van der Waals surface area contributed by atoms with Gasteiger partial charge in [0.1, 0.15) is 0 Å². The van der Waals surface area contributed by atoms with E-state index in [-0.39, 0.29) is 5.91 Å². The second-order valence-electron chi connectivity index (χ2n) is 7.45. The van der Waals surface area contributed by atoms with Crippen molar-refractivity contribution in [2.75, 3.05) is 18.4 Å². The van der Waals surface area contributed by atoms with Crippen LogP contribution in [0.5, 0.6) is 0 Å². The number of nitrogens with zero attached hydrogens (tertiary/aromatic N) is 4. The number of amides is 1. The Kier molecular flexibility index (Phi) is 4.43. The number of nitrogens with one attached hydrogen (secondary N) is 2. The Hall–Kier alpha value is -3.00. The SMILES string of the molecule is Cc1nn(C)c2nc(C3CC3)cc(C(=O)NCCNc3nc4ccccc4s3)c12. The zero-order valence-electron chi connectivity index (χ0n) is 16.4. The minimum atomic E-state index is -0.0819. The molecule has 0 aliphatic heterocycles. The van der Waals surface area contributed by atoms with Gasteiger partial charge in [0.05, 0.1) is 26.9 Å². The molecule has 0 spiro atoms. The number of benzene rings is 1. The van der Waals surface area contributed by atoms with Crippen LogP contribution in [0.1, 0.15) is 40.5 Å². The van der Waals surface area contributed by atoms with Crippen molar-refractivity contribution in [2.24, 2.45) is 7.05 Å². The second-order valence-corrected chi connectivity index (χ2v) is 8.48. The maximum atomic E-state index is 13.0. The number of fused-ring (bicyclic) bond motifs is 2. The third-order valence-electron chi connectivity index (χ3n) is 5.21. The lowest BCUT2D eigenvalue weighted by Crippen LogP contribution is -2.29. The summed E-state index contributed by atoms with van der Waals surface area (Å²) in [6.07, 6.45) is 2.28. The third-order valence-corrected chi connectivity index (χ3v) is 6.20. The number of carbonyl (C=O) groups is 1. The molecule has 3 heterocycles. The minimum Gasteiger partial charge on any atom is -0.360 e. The number of pyridine rings is 1. The molecule has 1 aromatic carbocycles. The zero-order chi connectivity index (χ0) is 20.0. The molecule has 0 unspecified atom stereocenters. The number of aryl methyl sites for hydroxylation is 2. The molecule has 0 radical (unpaired) electrons. The van der Waals surface area contributed by atoms with Crippen LogP contribution in [0.15, 0.2) is 30.3 Å². The number of rotatable bonds is 6. The van der Waals surface area contributed by atoms with E-state index in [1.807, 2.05) is 38.2 Å². The zero-order valence-corrected chi connectivity index (χ0v) is 17.2. The molecule has 1 aliphatic carbocycles. The van der Waals surface area contributed by atoms with Crippen LogP contribution >= 0.6 is 11.3 Å². The van der Waals surface area contributed by atoms with Crippen LogP contribution in [0.2, 0.25) is 0 Å². The van der Waals surface area contributed by atoms with Crippen LogP contribution < -0.4 is 10.6 Å². The van der Waals surface area contributed by atoms with Gasteiger partial charge < -0.3 is 10.6 Å². The lowest BCUT2D eigenvalue weighted by atomic mass is 10.1. The first-order valence-electron chi connectivity index (χ1n) is 9.82. The van der Waals surface area contributed by atoms with E-state index in [0.29, 0.717) is 24.6 Å². The molecular formula is C21H22N6OS. The summed E-state index contributed by atoms with van der Waals surface area (Å²) in [6, 6.07) is 10.0. The van der Waals surface area contributed by atoms with E-state index < -0.39 is 0 Å². The Balaban J connectivity index is 1.29. The molecule has 0 atom stereocenters. The standard InChI is InChI=1S/C21H22N6OS/c1-12-18-14(11-16(13-7-8-13)24-19(18)27(2)26-12)20(28)22-9-10-23-21-25-15-5-3-4-6-17(15)29-21/h3-6,11,13H,7-10H2,1-2H3,(H,22,28)(H,23,25). The van der Waals surface area contributed by atoms with E-state index >= 15 is 0 Å². The predicted molar refractivity (Wildman–Crippen MR) is 116 cm³/mol. The Bertz CT molecular complexity index is 1190. The van der Waals surface area contributed by atoms with Gasteiger partial charge in [0.2, 0.25) is 0 Å². The average Bonchev–Trinajstić information content (AvgIpc) is 3.42. The molecule has 1 aliphatic rings. The van der Waals surface area contributed by atoms with Gasteiger partial charge in [0.15, 0.2) is 10.8 Å². The minimum absolute atomic E-state index is 0.0819. The number of hydrogen-bond donors (Lipinski definition) is 2. The van der Waals surface area contributed by atoms with Gasteiger partial charge in [-0.2, -0.15) is 5.10 Å². The summed E-state index contributed by atoms with van der Waals surface area (Å²) >= 11 is 1.62. The fraction of sp³-hybridized carbons (Fsp3) is 0.333. The molecule has 8 heteroatoms. The molecular weight excluding hydrogens is 384 g/mol. The van der Waals surface area contributed by atoms with Crippen LogP contribution in [0.25, 0.3) is 21.3 Å². The lowest BCUT2D eigenvalue weighted by Gasteiger charge is -2.09. The highest BCUT2D eigenvalue weighted by Crippen LogP contribution is 2.40.